The quantitative estimate of drug-likeness (QED) is 0.719. The second kappa shape index (κ2) is 3.65. The van der Waals surface area contributed by atoms with Crippen molar-refractivity contribution in [2.24, 2.45) is 4.99 Å². The van der Waals surface area contributed by atoms with E-state index in [4.69, 9.17) is 5.73 Å². The standard InChI is InChI=1S/C14H11N5/c15-13-14-18-8-12(19(14)7-6-17-13)10-2-1-3-11-9(10)4-5-16-11/h1-3,5-8H,4H2,(H2,15,17). The summed E-state index contributed by atoms with van der Waals surface area (Å²) in [6, 6.07) is 6.13. The predicted molar refractivity (Wildman–Crippen MR) is 74.7 cm³/mol. The third-order valence-electron chi connectivity index (χ3n) is 3.41. The third-order valence-corrected chi connectivity index (χ3v) is 3.41. The minimum atomic E-state index is 0.442. The van der Waals surface area contributed by atoms with Crippen LogP contribution in [0.4, 0.5) is 11.5 Å². The van der Waals surface area contributed by atoms with Crippen LogP contribution < -0.4 is 5.73 Å². The van der Waals surface area contributed by atoms with Crippen molar-refractivity contribution in [1.82, 2.24) is 14.4 Å². The Morgan fingerprint density at radius 2 is 2.16 bits per heavy atom. The molecule has 0 saturated heterocycles. The largest absolute Gasteiger partial charge is 0.381 e. The number of rotatable bonds is 1. The second-order valence-electron chi connectivity index (χ2n) is 4.47. The molecular weight excluding hydrogens is 238 g/mol. The number of aliphatic imine (C=N–C) groups is 1. The summed E-state index contributed by atoms with van der Waals surface area (Å²) >= 11 is 0. The fraction of sp³-hybridized carbons (Fsp3) is 0.0714. The molecule has 1 aliphatic rings. The van der Waals surface area contributed by atoms with E-state index in [1.165, 1.54) is 5.56 Å². The molecule has 0 aliphatic carbocycles. The Bertz CT molecular complexity index is 816. The van der Waals surface area contributed by atoms with Crippen molar-refractivity contribution in [3.05, 3.63) is 42.4 Å². The van der Waals surface area contributed by atoms with E-state index in [0.29, 0.717) is 11.5 Å². The molecule has 1 aliphatic heterocycles. The van der Waals surface area contributed by atoms with Crippen LogP contribution in [-0.2, 0) is 6.42 Å². The summed E-state index contributed by atoms with van der Waals surface area (Å²) in [5.41, 5.74) is 11.0. The zero-order valence-corrected chi connectivity index (χ0v) is 10.1. The summed E-state index contributed by atoms with van der Waals surface area (Å²) in [5, 5.41) is 0. The highest BCUT2D eigenvalue weighted by molar-refractivity contribution is 5.84. The molecule has 0 amide bonds. The predicted octanol–water partition coefficient (Wildman–Crippen LogP) is 2.24. The molecule has 3 heterocycles. The van der Waals surface area contributed by atoms with Crippen molar-refractivity contribution in [1.29, 1.82) is 0 Å². The van der Waals surface area contributed by atoms with Gasteiger partial charge in [0.1, 0.15) is 0 Å². The number of hydrogen-bond acceptors (Lipinski definition) is 4. The van der Waals surface area contributed by atoms with Crippen molar-refractivity contribution in [3.63, 3.8) is 0 Å². The van der Waals surface area contributed by atoms with Gasteiger partial charge in [-0.3, -0.25) is 9.39 Å². The summed E-state index contributed by atoms with van der Waals surface area (Å²) in [4.78, 5) is 12.8. The maximum atomic E-state index is 5.84. The Morgan fingerprint density at radius 1 is 1.21 bits per heavy atom. The molecule has 2 N–H and O–H groups in total. The summed E-state index contributed by atoms with van der Waals surface area (Å²) < 4.78 is 1.97. The molecule has 1 aromatic carbocycles. The number of nitrogens with zero attached hydrogens (tertiary/aromatic N) is 4. The van der Waals surface area contributed by atoms with E-state index in [-0.39, 0.29) is 0 Å². The van der Waals surface area contributed by atoms with Crippen LogP contribution in [0, 0.1) is 0 Å². The molecule has 19 heavy (non-hydrogen) atoms. The van der Waals surface area contributed by atoms with Gasteiger partial charge in [0.05, 0.1) is 17.6 Å². The first-order valence-electron chi connectivity index (χ1n) is 6.07. The zero-order chi connectivity index (χ0) is 12.8. The molecule has 0 fully saturated rings. The lowest BCUT2D eigenvalue weighted by Crippen LogP contribution is -1.97. The highest BCUT2D eigenvalue weighted by atomic mass is 15.1. The minimum Gasteiger partial charge on any atom is -0.381 e. The molecule has 5 nitrogen and oxygen atoms in total. The van der Waals surface area contributed by atoms with Gasteiger partial charge in [-0.25, -0.2) is 9.97 Å². The van der Waals surface area contributed by atoms with Gasteiger partial charge in [0.15, 0.2) is 11.5 Å². The number of anilines is 1. The molecule has 0 unspecified atom stereocenters. The number of benzene rings is 1. The molecule has 2 aromatic heterocycles. The van der Waals surface area contributed by atoms with Crippen LogP contribution in [0.15, 0.2) is 41.8 Å². The lowest BCUT2D eigenvalue weighted by Gasteiger charge is -2.07. The zero-order valence-electron chi connectivity index (χ0n) is 10.1. The van der Waals surface area contributed by atoms with Crippen molar-refractivity contribution in [3.8, 4) is 11.3 Å². The van der Waals surface area contributed by atoms with Crippen molar-refractivity contribution in [2.45, 2.75) is 6.42 Å². The Balaban J connectivity index is 2.02. The van der Waals surface area contributed by atoms with Gasteiger partial charge in [-0.2, -0.15) is 0 Å². The minimum absolute atomic E-state index is 0.442. The van der Waals surface area contributed by atoms with Gasteiger partial charge >= 0.3 is 0 Å². The highest BCUT2D eigenvalue weighted by Gasteiger charge is 2.16. The van der Waals surface area contributed by atoms with E-state index in [2.05, 4.69) is 21.0 Å². The number of nitrogens with two attached hydrogens (primary N) is 1. The van der Waals surface area contributed by atoms with Crippen LogP contribution in [0.1, 0.15) is 5.56 Å². The fourth-order valence-electron chi connectivity index (χ4n) is 2.52. The molecule has 0 spiro atoms. The van der Waals surface area contributed by atoms with E-state index in [1.807, 2.05) is 35.1 Å². The molecule has 0 atom stereocenters. The molecule has 5 heteroatoms. The molecule has 92 valence electrons. The first-order chi connectivity index (χ1) is 9.34. The molecule has 0 saturated carbocycles. The maximum absolute atomic E-state index is 5.84. The van der Waals surface area contributed by atoms with Crippen LogP contribution in [0.2, 0.25) is 0 Å². The van der Waals surface area contributed by atoms with Crippen LogP contribution in [0.3, 0.4) is 0 Å². The summed E-state index contributed by atoms with van der Waals surface area (Å²) in [7, 11) is 0. The van der Waals surface area contributed by atoms with Gasteiger partial charge < -0.3 is 5.73 Å². The van der Waals surface area contributed by atoms with Gasteiger partial charge in [-0.1, -0.05) is 12.1 Å². The van der Waals surface area contributed by atoms with Gasteiger partial charge in [0, 0.05) is 30.6 Å². The fourth-order valence-corrected chi connectivity index (χ4v) is 2.52. The van der Waals surface area contributed by atoms with Crippen LogP contribution in [0.25, 0.3) is 16.9 Å². The smallest absolute Gasteiger partial charge is 0.180 e. The number of imidazole rings is 1. The monoisotopic (exact) mass is 249 g/mol. The molecule has 3 aromatic rings. The lowest BCUT2D eigenvalue weighted by atomic mass is 10.0. The van der Waals surface area contributed by atoms with Gasteiger partial charge in [0.25, 0.3) is 0 Å². The average Bonchev–Trinajstić information content (AvgIpc) is 3.05. The van der Waals surface area contributed by atoms with Crippen molar-refractivity contribution >= 4 is 23.4 Å². The summed E-state index contributed by atoms with van der Waals surface area (Å²) in [6.07, 6.45) is 8.20. The Kier molecular flexibility index (Phi) is 1.97. The first-order valence-corrected chi connectivity index (χ1v) is 6.07. The molecule has 4 rings (SSSR count). The lowest BCUT2D eigenvalue weighted by molar-refractivity contribution is 1.13. The van der Waals surface area contributed by atoms with E-state index < -0.39 is 0 Å². The topological polar surface area (TPSA) is 68.6 Å². The Hall–Kier alpha value is -2.69. The SMILES string of the molecule is Nc1nccn2c(-c3cccc4c3CC=N4)cnc12. The van der Waals surface area contributed by atoms with E-state index >= 15 is 0 Å². The normalized spacial score (nSPS) is 13.1. The van der Waals surface area contributed by atoms with Crippen LogP contribution in [0.5, 0.6) is 0 Å². The van der Waals surface area contributed by atoms with E-state index in [1.54, 1.807) is 6.20 Å². The summed E-state index contributed by atoms with van der Waals surface area (Å²) in [5.74, 6) is 0.442. The van der Waals surface area contributed by atoms with Crippen molar-refractivity contribution in [2.75, 3.05) is 5.73 Å². The number of aromatic nitrogens is 3. The first kappa shape index (κ1) is 10.3. The molecule has 0 bridgehead atoms. The third kappa shape index (κ3) is 1.38. The second-order valence-corrected chi connectivity index (χ2v) is 4.47. The summed E-state index contributed by atoms with van der Waals surface area (Å²) in [6.45, 7) is 0. The number of hydrogen-bond donors (Lipinski definition) is 1. The van der Waals surface area contributed by atoms with Crippen LogP contribution in [-0.4, -0.2) is 20.6 Å². The Labute approximate surface area is 109 Å². The average molecular weight is 249 g/mol. The highest BCUT2D eigenvalue weighted by Crippen LogP contribution is 2.34. The van der Waals surface area contributed by atoms with Crippen LogP contribution >= 0.6 is 0 Å². The Morgan fingerprint density at radius 3 is 3.11 bits per heavy atom. The maximum Gasteiger partial charge on any atom is 0.180 e. The van der Waals surface area contributed by atoms with Gasteiger partial charge in [-0.05, 0) is 11.6 Å². The molecule has 0 radical (unpaired) electrons. The van der Waals surface area contributed by atoms with Gasteiger partial charge in [-0.15, -0.1) is 0 Å². The molecular formula is C14H11N5. The van der Waals surface area contributed by atoms with E-state index in [0.717, 1.165) is 23.4 Å². The number of nitrogen functional groups attached to an aromatic ring is 1. The van der Waals surface area contributed by atoms with Crippen molar-refractivity contribution < 1.29 is 0 Å². The number of fused-ring (bicyclic) bond motifs is 2. The van der Waals surface area contributed by atoms with Gasteiger partial charge in [0.2, 0.25) is 0 Å². The van der Waals surface area contributed by atoms with E-state index in [9.17, 15) is 0 Å².